The van der Waals surface area contributed by atoms with Gasteiger partial charge in [0.05, 0.1) is 11.6 Å². The number of aliphatic hydroxyl groups excluding tert-OH is 1. The smallest absolute Gasteiger partial charge is 0.395 e. The first-order valence-corrected chi connectivity index (χ1v) is 13.3. The molecule has 0 unspecified atom stereocenters. The number of ether oxygens (including phenoxy) is 1. The highest BCUT2D eigenvalue weighted by atomic mass is 35.5. The van der Waals surface area contributed by atoms with Crippen LogP contribution in [0.3, 0.4) is 0 Å². The number of nitrogens with two attached hydrogens (primary N) is 1. The van der Waals surface area contributed by atoms with Crippen molar-refractivity contribution in [2.24, 2.45) is 0 Å². The van der Waals surface area contributed by atoms with Crippen molar-refractivity contribution in [3.63, 3.8) is 0 Å². The quantitative estimate of drug-likeness (QED) is 0.257. The molecule has 0 amide bonds. The summed E-state index contributed by atoms with van der Waals surface area (Å²) in [5, 5.41) is 9.97. The molecule has 1 saturated heterocycles. The van der Waals surface area contributed by atoms with Crippen molar-refractivity contribution in [3.8, 4) is 11.5 Å². The minimum Gasteiger partial charge on any atom is -0.395 e. The first-order chi connectivity index (χ1) is 18.7. The molecule has 0 spiro atoms. The number of aryl methyl sites for hydroxylation is 2. The summed E-state index contributed by atoms with van der Waals surface area (Å²) in [6, 6.07) is 11.9. The highest BCUT2D eigenvalue weighted by molar-refractivity contribution is 7.49. The van der Waals surface area contributed by atoms with Gasteiger partial charge in [-0.3, -0.25) is 9.09 Å². The molecular formula is C24H23ClF4N3O7P. The average molecular weight is 608 g/mol. The maximum absolute atomic E-state index is 15.2. The summed E-state index contributed by atoms with van der Waals surface area (Å²) in [6.45, 7) is 1.91. The number of nitrogen functional groups attached to an aromatic ring is 1. The van der Waals surface area contributed by atoms with Crippen molar-refractivity contribution in [1.29, 1.82) is 0 Å². The molecule has 216 valence electrons. The minimum absolute atomic E-state index is 0.0580. The Morgan fingerprint density at radius 2 is 1.60 bits per heavy atom. The summed E-state index contributed by atoms with van der Waals surface area (Å²) in [7, 11) is -4.90. The van der Waals surface area contributed by atoms with Crippen LogP contribution in [-0.2, 0) is 13.8 Å². The fraction of sp³-hybridized carbons (Fsp3) is 0.333. The normalized spacial score (nSPS) is 22.4. The van der Waals surface area contributed by atoms with Crippen molar-refractivity contribution >= 4 is 25.2 Å². The lowest BCUT2D eigenvalue weighted by Crippen LogP contribution is -2.54. The number of rotatable bonds is 9. The van der Waals surface area contributed by atoms with Crippen LogP contribution in [0.4, 0.5) is 23.4 Å². The van der Waals surface area contributed by atoms with Crippen LogP contribution in [0.15, 0.2) is 59.5 Å². The molecule has 1 fully saturated rings. The monoisotopic (exact) mass is 607 g/mol. The molecule has 0 saturated carbocycles. The van der Waals surface area contributed by atoms with Crippen LogP contribution < -0.4 is 20.5 Å². The van der Waals surface area contributed by atoms with E-state index in [1.807, 2.05) is 0 Å². The van der Waals surface area contributed by atoms with Gasteiger partial charge in [0.2, 0.25) is 6.23 Å². The molecule has 3 N–H and O–H groups in total. The number of phosphoric ester groups is 1. The zero-order valence-corrected chi connectivity index (χ0v) is 22.5. The van der Waals surface area contributed by atoms with E-state index in [2.05, 4.69) is 4.98 Å². The van der Waals surface area contributed by atoms with Crippen LogP contribution in [-0.4, -0.2) is 45.3 Å². The van der Waals surface area contributed by atoms with Crippen LogP contribution in [0.2, 0.25) is 5.02 Å². The molecule has 10 nitrogen and oxygen atoms in total. The largest absolute Gasteiger partial charge is 0.587 e. The van der Waals surface area contributed by atoms with Crippen molar-refractivity contribution < 1.29 is 45.5 Å². The van der Waals surface area contributed by atoms with Gasteiger partial charge in [-0.05, 0) is 38.1 Å². The number of halogens is 5. The van der Waals surface area contributed by atoms with E-state index in [-0.39, 0.29) is 16.1 Å². The number of hydrogen-bond donors (Lipinski definition) is 2. The molecule has 40 heavy (non-hydrogen) atoms. The summed E-state index contributed by atoms with van der Waals surface area (Å²) in [5.41, 5.74) is 2.08. The second-order valence-electron chi connectivity index (χ2n) is 9.00. The van der Waals surface area contributed by atoms with E-state index in [0.717, 1.165) is 11.1 Å². The Morgan fingerprint density at radius 3 is 2.08 bits per heavy atom. The molecule has 4 rings (SSSR count). The van der Waals surface area contributed by atoms with Gasteiger partial charge in [-0.15, -0.1) is 0 Å². The lowest BCUT2D eigenvalue weighted by Gasteiger charge is -2.31. The van der Waals surface area contributed by atoms with Gasteiger partial charge < -0.3 is 24.6 Å². The molecule has 1 aliphatic rings. The Kier molecular flexibility index (Phi) is 8.21. The Bertz CT molecular complexity index is 1430. The van der Waals surface area contributed by atoms with E-state index >= 15 is 8.78 Å². The van der Waals surface area contributed by atoms with Crippen LogP contribution in [0.1, 0.15) is 17.4 Å². The predicted molar refractivity (Wildman–Crippen MR) is 135 cm³/mol. The zero-order chi connectivity index (χ0) is 29.5. The molecule has 0 aliphatic carbocycles. The second-order valence-corrected chi connectivity index (χ2v) is 10.9. The van der Waals surface area contributed by atoms with E-state index in [4.69, 9.17) is 35.6 Å². The number of hydrogen-bond acceptors (Lipinski definition) is 9. The predicted octanol–water partition coefficient (Wildman–Crippen LogP) is 4.91. The maximum atomic E-state index is 15.2. The van der Waals surface area contributed by atoms with Crippen molar-refractivity contribution in [1.82, 2.24) is 9.55 Å². The van der Waals surface area contributed by atoms with Crippen LogP contribution in [0.5, 0.6) is 11.5 Å². The van der Waals surface area contributed by atoms with E-state index in [9.17, 15) is 23.2 Å². The fourth-order valence-electron chi connectivity index (χ4n) is 3.73. The third-order valence-electron chi connectivity index (χ3n) is 5.97. The molecule has 2 aromatic carbocycles. The topological polar surface area (TPSA) is 135 Å². The van der Waals surface area contributed by atoms with E-state index in [0.29, 0.717) is 6.20 Å². The summed E-state index contributed by atoms with van der Waals surface area (Å²) >= 11 is 5.77. The Morgan fingerprint density at radius 1 is 1.10 bits per heavy atom. The fourth-order valence-corrected chi connectivity index (χ4v) is 5.14. The SMILES string of the molecule is Cc1ccc(OP(=O)(OC[C@@]2(C(F)F)O[C@@H](n3cc(Cl)c(N)nc3=O)C(F)(F)[C@@H]2O)Oc2ccc(C)cc2)cc1. The van der Waals surface area contributed by atoms with Crippen molar-refractivity contribution in [2.45, 2.75) is 44.1 Å². The molecule has 3 aromatic rings. The Hall–Kier alpha value is -3.16. The van der Waals surface area contributed by atoms with Crippen molar-refractivity contribution in [2.75, 3.05) is 12.3 Å². The standard InChI is InChI=1S/C24H23ClF4N3O7P/c1-13-3-7-15(8-4-13)38-40(35,39-16-9-5-14(2)6-10-16)36-12-23(20(26)27)19(33)24(28,29)21(37-23)32-11-17(25)18(30)31-22(32)34/h3-11,19-21,33H,12H2,1-2H3,(H2,30,31,34)/t19-,21-,23-/m1/s1. The minimum atomic E-state index is -4.90. The summed E-state index contributed by atoms with van der Waals surface area (Å²) in [5.74, 6) is -5.13. The van der Waals surface area contributed by atoms with Crippen molar-refractivity contribution in [3.05, 3.63) is 81.4 Å². The number of aliphatic hydroxyl groups is 1. The van der Waals surface area contributed by atoms with Crippen LogP contribution in [0, 0.1) is 13.8 Å². The lowest BCUT2D eigenvalue weighted by molar-refractivity contribution is -0.193. The summed E-state index contributed by atoms with van der Waals surface area (Å²) in [4.78, 5) is 15.5. The molecule has 3 atom stereocenters. The highest BCUT2D eigenvalue weighted by Crippen LogP contribution is 2.55. The summed E-state index contributed by atoms with van der Waals surface area (Å²) < 4.78 is 93.8. The van der Waals surface area contributed by atoms with Gasteiger partial charge in [0.25, 0.3) is 6.43 Å². The first-order valence-electron chi connectivity index (χ1n) is 11.5. The first kappa shape index (κ1) is 29.8. The van der Waals surface area contributed by atoms with Gasteiger partial charge in [-0.25, -0.2) is 18.1 Å². The van der Waals surface area contributed by atoms with Gasteiger partial charge in [-0.2, -0.15) is 13.8 Å². The second kappa shape index (κ2) is 11.0. The molecule has 0 bridgehead atoms. The van der Waals surface area contributed by atoms with E-state index in [1.165, 1.54) is 24.3 Å². The number of aromatic nitrogens is 2. The van der Waals surface area contributed by atoms with Gasteiger partial charge >= 0.3 is 19.4 Å². The molecule has 0 radical (unpaired) electrons. The van der Waals surface area contributed by atoms with Crippen LogP contribution >= 0.6 is 19.4 Å². The van der Waals surface area contributed by atoms with Gasteiger partial charge in [0.1, 0.15) is 17.3 Å². The van der Waals surface area contributed by atoms with E-state index < -0.39 is 61.2 Å². The molecular weight excluding hydrogens is 585 g/mol. The third-order valence-corrected chi connectivity index (χ3v) is 7.57. The Labute approximate surface area is 229 Å². The zero-order valence-electron chi connectivity index (χ0n) is 20.8. The number of alkyl halides is 4. The van der Waals surface area contributed by atoms with Crippen LogP contribution in [0.25, 0.3) is 0 Å². The molecule has 16 heteroatoms. The van der Waals surface area contributed by atoms with Gasteiger partial charge in [0, 0.05) is 6.20 Å². The molecule has 1 aromatic heterocycles. The highest BCUT2D eigenvalue weighted by Gasteiger charge is 2.71. The lowest BCUT2D eigenvalue weighted by atomic mass is 9.96. The van der Waals surface area contributed by atoms with Gasteiger partial charge in [0.15, 0.2) is 11.7 Å². The van der Waals surface area contributed by atoms with Gasteiger partial charge in [-0.1, -0.05) is 47.0 Å². The Balaban J connectivity index is 1.69. The van der Waals surface area contributed by atoms with E-state index in [1.54, 1.807) is 38.1 Å². The summed E-state index contributed by atoms with van der Waals surface area (Å²) in [6.07, 6.45) is -9.32. The third kappa shape index (κ3) is 5.81. The molecule has 2 heterocycles. The number of anilines is 1. The number of nitrogens with zero attached hydrogens (tertiary/aromatic N) is 2. The maximum Gasteiger partial charge on any atom is 0.587 e. The number of benzene rings is 2. The number of phosphoric acid groups is 1. The molecule has 1 aliphatic heterocycles. The average Bonchev–Trinajstić information content (AvgIpc) is 3.09.